The molecule has 0 spiro atoms. The van der Waals surface area contributed by atoms with Gasteiger partial charge in [-0.3, -0.25) is 0 Å². The zero-order chi connectivity index (χ0) is 12.1. The predicted octanol–water partition coefficient (Wildman–Crippen LogP) is 3.85. The van der Waals surface area contributed by atoms with Crippen LogP contribution in [0.15, 0.2) is 48.0 Å². The Balaban J connectivity index is 2.55. The molecule has 0 bridgehead atoms. The van der Waals surface area contributed by atoms with E-state index in [2.05, 4.69) is 41.7 Å². The minimum Gasteiger partial charge on any atom is -0.316 e. The topological polar surface area (TPSA) is 12.0 Å². The SMILES string of the molecule is CNCc1c(CC=CCl)ccc2ccccc12. The zero-order valence-corrected chi connectivity index (χ0v) is 10.7. The molecule has 2 rings (SSSR count). The summed E-state index contributed by atoms with van der Waals surface area (Å²) in [5.41, 5.74) is 4.27. The predicted molar refractivity (Wildman–Crippen MR) is 75.4 cm³/mol. The van der Waals surface area contributed by atoms with Crippen LogP contribution in [0, 0.1) is 0 Å². The van der Waals surface area contributed by atoms with Gasteiger partial charge in [-0.1, -0.05) is 54.1 Å². The van der Waals surface area contributed by atoms with Crippen molar-refractivity contribution in [1.82, 2.24) is 5.32 Å². The second kappa shape index (κ2) is 5.85. The number of nitrogens with one attached hydrogen (secondary N) is 1. The van der Waals surface area contributed by atoms with Crippen molar-refractivity contribution in [1.29, 1.82) is 0 Å². The van der Waals surface area contributed by atoms with Crippen LogP contribution >= 0.6 is 11.6 Å². The van der Waals surface area contributed by atoms with Crippen molar-refractivity contribution >= 4 is 22.4 Å². The van der Waals surface area contributed by atoms with Gasteiger partial charge in [0.25, 0.3) is 0 Å². The highest BCUT2D eigenvalue weighted by Crippen LogP contribution is 2.23. The van der Waals surface area contributed by atoms with Crippen LogP contribution in [0.2, 0.25) is 0 Å². The summed E-state index contributed by atoms with van der Waals surface area (Å²) in [6.07, 6.45) is 2.86. The second-order valence-electron chi connectivity index (χ2n) is 4.02. The highest BCUT2D eigenvalue weighted by atomic mass is 35.5. The van der Waals surface area contributed by atoms with E-state index in [1.165, 1.54) is 21.9 Å². The van der Waals surface area contributed by atoms with Crippen LogP contribution in [0.3, 0.4) is 0 Å². The summed E-state index contributed by atoms with van der Waals surface area (Å²) in [5.74, 6) is 0. The summed E-state index contributed by atoms with van der Waals surface area (Å²) in [4.78, 5) is 0. The van der Waals surface area contributed by atoms with E-state index < -0.39 is 0 Å². The molecule has 2 heteroatoms. The molecule has 0 unspecified atom stereocenters. The van der Waals surface area contributed by atoms with Gasteiger partial charge in [0.05, 0.1) is 0 Å². The normalized spacial score (nSPS) is 11.4. The summed E-state index contributed by atoms with van der Waals surface area (Å²) < 4.78 is 0. The molecule has 88 valence electrons. The van der Waals surface area contributed by atoms with Crippen molar-refractivity contribution in [2.45, 2.75) is 13.0 Å². The van der Waals surface area contributed by atoms with Crippen molar-refractivity contribution in [3.8, 4) is 0 Å². The molecule has 2 aromatic carbocycles. The Bertz CT molecular complexity index is 531. The van der Waals surface area contributed by atoms with E-state index in [1.54, 1.807) is 5.54 Å². The third kappa shape index (κ3) is 2.68. The Morgan fingerprint density at radius 2 is 2.00 bits per heavy atom. The van der Waals surface area contributed by atoms with Gasteiger partial charge in [-0.15, -0.1) is 0 Å². The monoisotopic (exact) mass is 245 g/mol. The minimum absolute atomic E-state index is 0.880. The van der Waals surface area contributed by atoms with Crippen molar-refractivity contribution in [2.24, 2.45) is 0 Å². The Hall–Kier alpha value is -1.31. The van der Waals surface area contributed by atoms with Gasteiger partial charge in [0.1, 0.15) is 0 Å². The van der Waals surface area contributed by atoms with E-state index >= 15 is 0 Å². The van der Waals surface area contributed by atoms with Crippen molar-refractivity contribution < 1.29 is 0 Å². The zero-order valence-electron chi connectivity index (χ0n) is 9.91. The van der Waals surface area contributed by atoms with Gasteiger partial charge < -0.3 is 5.32 Å². The van der Waals surface area contributed by atoms with E-state index in [4.69, 9.17) is 11.6 Å². The molecule has 0 amide bonds. The molecule has 0 saturated carbocycles. The molecule has 0 heterocycles. The van der Waals surface area contributed by atoms with Crippen LogP contribution in [0.4, 0.5) is 0 Å². The summed E-state index contributed by atoms with van der Waals surface area (Å²) >= 11 is 5.60. The lowest BCUT2D eigenvalue weighted by atomic mass is 9.97. The van der Waals surface area contributed by atoms with Crippen LogP contribution in [0.5, 0.6) is 0 Å². The number of hydrogen-bond donors (Lipinski definition) is 1. The summed E-state index contributed by atoms with van der Waals surface area (Å²) in [6, 6.07) is 12.8. The Labute approximate surface area is 107 Å². The Morgan fingerprint density at radius 3 is 2.76 bits per heavy atom. The molecular weight excluding hydrogens is 230 g/mol. The molecule has 17 heavy (non-hydrogen) atoms. The molecule has 0 aliphatic heterocycles. The number of benzene rings is 2. The van der Waals surface area contributed by atoms with E-state index in [0.717, 1.165) is 13.0 Å². The summed E-state index contributed by atoms with van der Waals surface area (Å²) in [7, 11) is 1.98. The number of rotatable bonds is 4. The molecule has 0 aromatic heterocycles. The van der Waals surface area contributed by atoms with Gasteiger partial charge in [0.2, 0.25) is 0 Å². The lowest BCUT2D eigenvalue weighted by molar-refractivity contribution is 0.815. The molecule has 1 N–H and O–H groups in total. The van der Waals surface area contributed by atoms with Crippen molar-refractivity contribution in [3.63, 3.8) is 0 Å². The molecule has 0 aliphatic rings. The third-order valence-electron chi connectivity index (χ3n) is 2.92. The van der Waals surface area contributed by atoms with Crippen molar-refractivity contribution in [3.05, 3.63) is 59.1 Å². The van der Waals surface area contributed by atoms with Crippen LogP contribution in [0.25, 0.3) is 10.8 Å². The highest BCUT2D eigenvalue weighted by molar-refractivity contribution is 6.25. The maximum atomic E-state index is 5.60. The van der Waals surface area contributed by atoms with Crippen LogP contribution in [-0.2, 0) is 13.0 Å². The molecule has 0 aliphatic carbocycles. The summed E-state index contributed by atoms with van der Waals surface area (Å²) in [5, 5.41) is 5.85. The van der Waals surface area contributed by atoms with Crippen molar-refractivity contribution in [2.75, 3.05) is 7.05 Å². The fourth-order valence-electron chi connectivity index (χ4n) is 2.13. The van der Waals surface area contributed by atoms with E-state index in [-0.39, 0.29) is 0 Å². The fourth-order valence-corrected chi connectivity index (χ4v) is 2.22. The maximum Gasteiger partial charge on any atom is 0.0211 e. The largest absolute Gasteiger partial charge is 0.316 e. The van der Waals surface area contributed by atoms with Crippen LogP contribution in [-0.4, -0.2) is 7.05 Å². The van der Waals surface area contributed by atoms with Gasteiger partial charge >= 0.3 is 0 Å². The first-order valence-corrected chi connectivity index (χ1v) is 6.19. The first-order valence-electron chi connectivity index (χ1n) is 5.76. The fraction of sp³-hybridized carbons (Fsp3) is 0.200. The van der Waals surface area contributed by atoms with Crippen LogP contribution < -0.4 is 5.32 Å². The third-order valence-corrected chi connectivity index (χ3v) is 3.10. The number of hydrogen-bond acceptors (Lipinski definition) is 1. The average Bonchev–Trinajstić information content (AvgIpc) is 2.38. The lowest BCUT2D eigenvalue weighted by Gasteiger charge is -2.11. The van der Waals surface area contributed by atoms with E-state index in [0.29, 0.717) is 0 Å². The molecular formula is C15H16ClN. The standard InChI is InChI=1S/C15H16ClN/c1-17-11-15-13(6-4-10-16)9-8-12-5-2-3-7-14(12)15/h2-5,7-10,17H,6,11H2,1H3. The minimum atomic E-state index is 0.880. The van der Waals surface area contributed by atoms with Crippen LogP contribution in [0.1, 0.15) is 11.1 Å². The molecule has 0 saturated heterocycles. The van der Waals surface area contributed by atoms with Gasteiger partial charge in [-0.05, 0) is 35.4 Å². The van der Waals surface area contributed by atoms with Gasteiger partial charge in [0, 0.05) is 12.1 Å². The van der Waals surface area contributed by atoms with Gasteiger partial charge in [0.15, 0.2) is 0 Å². The molecule has 1 nitrogen and oxygen atoms in total. The van der Waals surface area contributed by atoms with E-state index in [9.17, 15) is 0 Å². The number of halogens is 1. The lowest BCUT2D eigenvalue weighted by Crippen LogP contribution is -2.08. The Morgan fingerprint density at radius 1 is 1.18 bits per heavy atom. The number of fused-ring (bicyclic) bond motifs is 1. The first-order chi connectivity index (χ1) is 8.36. The molecule has 0 fully saturated rings. The smallest absolute Gasteiger partial charge is 0.0211 e. The van der Waals surface area contributed by atoms with E-state index in [1.807, 2.05) is 13.1 Å². The molecule has 2 aromatic rings. The average molecular weight is 246 g/mol. The summed E-state index contributed by atoms with van der Waals surface area (Å²) in [6.45, 7) is 0.882. The highest BCUT2D eigenvalue weighted by Gasteiger charge is 2.05. The molecule has 0 atom stereocenters. The first kappa shape index (κ1) is 12.2. The number of allylic oxidation sites excluding steroid dienone is 1. The van der Waals surface area contributed by atoms with Gasteiger partial charge in [-0.2, -0.15) is 0 Å². The maximum absolute atomic E-state index is 5.60. The molecule has 0 radical (unpaired) electrons. The second-order valence-corrected chi connectivity index (χ2v) is 4.27. The Kier molecular flexibility index (Phi) is 4.18. The quantitative estimate of drug-likeness (QED) is 0.863. The van der Waals surface area contributed by atoms with Gasteiger partial charge in [-0.25, -0.2) is 0 Å².